The third-order valence-corrected chi connectivity index (χ3v) is 2.03. The minimum absolute atomic E-state index is 0.319. The van der Waals surface area contributed by atoms with Crippen LogP contribution in [0.15, 0.2) is 30.3 Å². The molecule has 1 radical (unpaired) electrons. The summed E-state index contributed by atoms with van der Waals surface area (Å²) < 4.78 is 5.76. The van der Waals surface area contributed by atoms with Gasteiger partial charge in [-0.05, 0) is 31.4 Å². The van der Waals surface area contributed by atoms with Gasteiger partial charge in [-0.1, -0.05) is 32.0 Å². The van der Waals surface area contributed by atoms with Crippen molar-refractivity contribution in [3.63, 3.8) is 0 Å². The summed E-state index contributed by atoms with van der Waals surface area (Å²) in [6, 6.07) is 9.96. The molecular weight excluding hydrogens is 160 g/mol. The van der Waals surface area contributed by atoms with E-state index in [1.807, 2.05) is 30.3 Å². The quantitative estimate of drug-likeness (QED) is 0.669. The van der Waals surface area contributed by atoms with E-state index in [0.717, 1.165) is 25.0 Å². The molecule has 0 saturated heterocycles. The second kappa shape index (κ2) is 5.63. The van der Waals surface area contributed by atoms with Crippen molar-refractivity contribution >= 4 is 0 Å². The molecule has 0 aliphatic rings. The van der Waals surface area contributed by atoms with E-state index < -0.39 is 0 Å². The Kier molecular flexibility index (Phi) is 4.37. The third-order valence-electron chi connectivity index (χ3n) is 2.03. The average molecular weight is 177 g/mol. The van der Waals surface area contributed by atoms with Gasteiger partial charge >= 0.3 is 0 Å². The highest BCUT2D eigenvalue weighted by atomic mass is 16.5. The number of para-hydroxylation sites is 1. The van der Waals surface area contributed by atoms with E-state index in [2.05, 4.69) is 13.8 Å². The van der Waals surface area contributed by atoms with Crippen LogP contribution in [0.5, 0.6) is 5.75 Å². The fraction of sp³-hybridized carbons (Fsp3) is 0.417. The first kappa shape index (κ1) is 10.1. The second-order valence-corrected chi connectivity index (χ2v) is 3.10. The van der Waals surface area contributed by atoms with E-state index in [-0.39, 0.29) is 0 Å². The first-order valence-corrected chi connectivity index (χ1v) is 4.87. The number of hydrogen-bond donors (Lipinski definition) is 0. The van der Waals surface area contributed by atoms with E-state index in [9.17, 15) is 0 Å². The van der Waals surface area contributed by atoms with Gasteiger partial charge < -0.3 is 4.74 Å². The molecule has 71 valence electrons. The van der Waals surface area contributed by atoms with Crippen molar-refractivity contribution in [2.75, 3.05) is 0 Å². The van der Waals surface area contributed by atoms with Gasteiger partial charge in [-0.25, -0.2) is 0 Å². The van der Waals surface area contributed by atoms with Crippen LogP contribution in [0.4, 0.5) is 0 Å². The molecular formula is C12H17O. The number of ether oxygens (including phenoxy) is 1. The number of benzene rings is 1. The Morgan fingerprint density at radius 1 is 1.31 bits per heavy atom. The highest BCUT2D eigenvalue weighted by Gasteiger charge is 2.05. The summed E-state index contributed by atoms with van der Waals surface area (Å²) in [5.74, 6) is 0.961. The summed E-state index contributed by atoms with van der Waals surface area (Å²) in [6.07, 6.45) is 3.33. The molecule has 1 rings (SSSR count). The molecule has 1 aromatic rings. The summed E-state index contributed by atoms with van der Waals surface area (Å²) in [4.78, 5) is 0. The molecule has 0 spiro atoms. The molecule has 1 aromatic carbocycles. The van der Waals surface area contributed by atoms with Gasteiger partial charge in [-0.2, -0.15) is 0 Å². The lowest BCUT2D eigenvalue weighted by atomic mass is 10.1. The largest absolute Gasteiger partial charge is 0.490 e. The van der Waals surface area contributed by atoms with E-state index in [4.69, 9.17) is 4.74 Å². The van der Waals surface area contributed by atoms with Gasteiger partial charge in [0, 0.05) is 0 Å². The lowest BCUT2D eigenvalue weighted by Gasteiger charge is -2.16. The van der Waals surface area contributed by atoms with Gasteiger partial charge in [0.25, 0.3) is 0 Å². The Bertz CT molecular complexity index is 218. The van der Waals surface area contributed by atoms with Gasteiger partial charge in [0.15, 0.2) is 0 Å². The molecule has 1 atom stereocenters. The monoisotopic (exact) mass is 177 g/mol. The van der Waals surface area contributed by atoms with Crippen LogP contribution >= 0.6 is 0 Å². The van der Waals surface area contributed by atoms with Gasteiger partial charge in [-0.3, -0.25) is 0 Å². The van der Waals surface area contributed by atoms with Crippen molar-refractivity contribution in [2.45, 2.75) is 32.3 Å². The molecule has 1 nitrogen and oxygen atoms in total. The molecule has 0 aliphatic carbocycles. The number of rotatable bonds is 5. The SMILES string of the molecule is [CH2]CCC(CC)Oc1ccccc1. The summed E-state index contributed by atoms with van der Waals surface area (Å²) in [5, 5.41) is 0. The zero-order chi connectivity index (χ0) is 9.52. The van der Waals surface area contributed by atoms with Crippen LogP contribution in [-0.4, -0.2) is 6.10 Å². The molecule has 1 heteroatoms. The Hall–Kier alpha value is -0.980. The van der Waals surface area contributed by atoms with Crippen molar-refractivity contribution in [3.8, 4) is 5.75 Å². The molecule has 0 heterocycles. The molecule has 0 bridgehead atoms. The predicted molar refractivity (Wildman–Crippen MR) is 55.7 cm³/mol. The third kappa shape index (κ3) is 3.49. The lowest BCUT2D eigenvalue weighted by molar-refractivity contribution is 0.188. The van der Waals surface area contributed by atoms with Crippen LogP contribution in [-0.2, 0) is 0 Å². The molecule has 1 unspecified atom stereocenters. The Labute approximate surface area is 80.7 Å². The van der Waals surface area contributed by atoms with Gasteiger partial charge in [-0.15, -0.1) is 0 Å². The van der Waals surface area contributed by atoms with Crippen LogP contribution in [0, 0.1) is 6.92 Å². The molecule has 0 N–H and O–H groups in total. The van der Waals surface area contributed by atoms with Crippen molar-refractivity contribution < 1.29 is 4.74 Å². The van der Waals surface area contributed by atoms with Crippen molar-refractivity contribution in [1.82, 2.24) is 0 Å². The van der Waals surface area contributed by atoms with Crippen molar-refractivity contribution in [3.05, 3.63) is 37.3 Å². The molecule has 13 heavy (non-hydrogen) atoms. The van der Waals surface area contributed by atoms with Crippen LogP contribution in [0.3, 0.4) is 0 Å². The number of hydrogen-bond acceptors (Lipinski definition) is 1. The first-order chi connectivity index (χ1) is 6.36. The summed E-state index contributed by atoms with van der Waals surface area (Å²) >= 11 is 0. The second-order valence-electron chi connectivity index (χ2n) is 3.10. The van der Waals surface area contributed by atoms with E-state index in [0.29, 0.717) is 6.10 Å². The minimum Gasteiger partial charge on any atom is -0.490 e. The van der Waals surface area contributed by atoms with Crippen LogP contribution in [0.1, 0.15) is 26.2 Å². The maximum Gasteiger partial charge on any atom is 0.119 e. The zero-order valence-electron chi connectivity index (χ0n) is 8.20. The Morgan fingerprint density at radius 2 is 2.00 bits per heavy atom. The van der Waals surface area contributed by atoms with Crippen molar-refractivity contribution in [1.29, 1.82) is 0 Å². The Balaban J connectivity index is 2.46. The standard InChI is InChI=1S/C12H17O/c1-3-8-11(4-2)13-12-9-6-5-7-10-12/h5-7,9-11H,1,3-4,8H2,2H3. The Morgan fingerprint density at radius 3 is 2.54 bits per heavy atom. The maximum atomic E-state index is 5.76. The predicted octanol–water partition coefficient (Wildman–Crippen LogP) is 3.46. The molecule has 0 amide bonds. The summed E-state index contributed by atoms with van der Waals surface area (Å²) in [5.41, 5.74) is 0. The minimum atomic E-state index is 0.319. The van der Waals surface area contributed by atoms with E-state index >= 15 is 0 Å². The summed E-state index contributed by atoms with van der Waals surface area (Å²) in [7, 11) is 0. The molecule has 0 fully saturated rings. The van der Waals surface area contributed by atoms with E-state index in [1.54, 1.807) is 0 Å². The molecule has 0 saturated carbocycles. The zero-order valence-corrected chi connectivity index (χ0v) is 8.20. The fourth-order valence-corrected chi connectivity index (χ4v) is 1.27. The smallest absolute Gasteiger partial charge is 0.119 e. The molecule has 0 aliphatic heterocycles. The van der Waals surface area contributed by atoms with Crippen LogP contribution < -0.4 is 4.74 Å². The highest BCUT2D eigenvalue weighted by molar-refractivity contribution is 5.21. The molecule has 0 aromatic heterocycles. The maximum absolute atomic E-state index is 5.76. The summed E-state index contributed by atoms with van der Waals surface area (Å²) in [6.45, 7) is 5.98. The van der Waals surface area contributed by atoms with Crippen molar-refractivity contribution in [2.24, 2.45) is 0 Å². The first-order valence-electron chi connectivity index (χ1n) is 4.87. The average Bonchev–Trinajstić information content (AvgIpc) is 2.19. The normalized spacial score (nSPS) is 12.5. The highest BCUT2D eigenvalue weighted by Crippen LogP contribution is 2.14. The lowest BCUT2D eigenvalue weighted by Crippen LogP contribution is -2.14. The van der Waals surface area contributed by atoms with E-state index in [1.165, 1.54) is 0 Å². The van der Waals surface area contributed by atoms with Crippen LogP contribution in [0.2, 0.25) is 0 Å². The fourth-order valence-electron chi connectivity index (χ4n) is 1.27. The van der Waals surface area contributed by atoms with Gasteiger partial charge in [0.05, 0.1) is 6.10 Å². The van der Waals surface area contributed by atoms with Crippen LogP contribution in [0.25, 0.3) is 0 Å². The topological polar surface area (TPSA) is 9.23 Å². The van der Waals surface area contributed by atoms with Gasteiger partial charge in [0.2, 0.25) is 0 Å². The van der Waals surface area contributed by atoms with Gasteiger partial charge in [0.1, 0.15) is 5.75 Å².